The molecule has 2 aliphatic carbocycles. The summed E-state index contributed by atoms with van der Waals surface area (Å²) in [6.07, 6.45) is 9.43. The first-order chi connectivity index (χ1) is 16.5. The molecule has 176 valence electrons. The molecule has 2 fully saturated rings. The zero-order chi connectivity index (χ0) is 23.7. The molecule has 2 aromatic carbocycles. The van der Waals surface area contributed by atoms with E-state index >= 15 is 0 Å². The second-order valence-electron chi connectivity index (χ2n) is 9.67. The molecule has 0 radical (unpaired) electrons. The van der Waals surface area contributed by atoms with Gasteiger partial charge < -0.3 is 10.1 Å². The third-order valence-electron chi connectivity index (χ3n) is 6.84. The van der Waals surface area contributed by atoms with E-state index in [-0.39, 0.29) is 17.7 Å². The van der Waals surface area contributed by atoms with Crippen molar-refractivity contribution in [2.24, 2.45) is 5.92 Å². The van der Waals surface area contributed by atoms with Crippen molar-refractivity contribution in [2.75, 3.05) is 0 Å². The molecule has 1 N–H and O–H groups in total. The number of hydrogen-bond donors (Lipinski definition) is 1. The van der Waals surface area contributed by atoms with Gasteiger partial charge in [0.2, 0.25) is 0 Å². The molecular formula is C28H29ClN2O3. The molecular weight excluding hydrogens is 448 g/mol. The molecule has 5 nitrogen and oxygen atoms in total. The lowest BCUT2D eigenvalue weighted by molar-refractivity contribution is -0.118. The van der Waals surface area contributed by atoms with Crippen LogP contribution in [0.25, 0.3) is 10.9 Å². The van der Waals surface area contributed by atoms with E-state index in [1.807, 2.05) is 31.2 Å². The number of halogens is 1. The molecule has 1 amide bonds. The van der Waals surface area contributed by atoms with Gasteiger partial charge in [0, 0.05) is 41.1 Å². The maximum absolute atomic E-state index is 13.0. The summed E-state index contributed by atoms with van der Waals surface area (Å²) in [5.74, 6) is 1.94. The van der Waals surface area contributed by atoms with Gasteiger partial charge in [-0.3, -0.25) is 14.6 Å². The van der Waals surface area contributed by atoms with E-state index < -0.39 is 0 Å². The van der Waals surface area contributed by atoms with Crippen LogP contribution in [0.5, 0.6) is 11.5 Å². The van der Waals surface area contributed by atoms with Gasteiger partial charge in [0.1, 0.15) is 17.3 Å². The van der Waals surface area contributed by atoms with E-state index in [1.165, 1.54) is 12.8 Å². The lowest BCUT2D eigenvalue weighted by atomic mass is 10.0. The normalized spacial score (nSPS) is 16.1. The summed E-state index contributed by atoms with van der Waals surface area (Å²) in [6, 6.07) is 11.3. The first kappa shape index (κ1) is 22.9. The minimum Gasteiger partial charge on any atom is -0.457 e. The number of nitrogens with one attached hydrogen (secondary N) is 1. The molecule has 0 aliphatic heterocycles. The number of nitrogens with zero attached hydrogens (tertiary/aromatic N) is 1. The highest BCUT2D eigenvalue weighted by Crippen LogP contribution is 2.35. The first-order valence-corrected chi connectivity index (χ1v) is 12.5. The van der Waals surface area contributed by atoms with Crippen molar-refractivity contribution in [3.63, 3.8) is 0 Å². The topological polar surface area (TPSA) is 68.3 Å². The Hall–Kier alpha value is -2.92. The number of aromatic nitrogens is 1. The quantitative estimate of drug-likeness (QED) is 0.399. The Bertz CT molecular complexity index is 1250. The number of benzene rings is 2. The van der Waals surface area contributed by atoms with Crippen molar-refractivity contribution >= 4 is 34.2 Å². The first-order valence-electron chi connectivity index (χ1n) is 12.1. The van der Waals surface area contributed by atoms with Crippen LogP contribution in [-0.4, -0.2) is 22.7 Å². The molecule has 3 aromatic rings. The molecule has 0 atom stereocenters. The van der Waals surface area contributed by atoms with Crippen LogP contribution in [0.15, 0.2) is 42.6 Å². The number of rotatable bonds is 8. The summed E-state index contributed by atoms with van der Waals surface area (Å²) in [7, 11) is 0. The summed E-state index contributed by atoms with van der Waals surface area (Å²) >= 11 is 6.48. The summed E-state index contributed by atoms with van der Waals surface area (Å²) in [6.45, 7) is 1.93. The fourth-order valence-corrected chi connectivity index (χ4v) is 4.97. The lowest BCUT2D eigenvalue weighted by Gasteiger charge is -2.15. The van der Waals surface area contributed by atoms with Gasteiger partial charge in [0.25, 0.3) is 5.91 Å². The van der Waals surface area contributed by atoms with Crippen LogP contribution in [0.1, 0.15) is 66.4 Å². The molecule has 0 spiro atoms. The summed E-state index contributed by atoms with van der Waals surface area (Å²) < 4.78 is 6.17. The molecule has 1 heterocycles. The largest absolute Gasteiger partial charge is 0.457 e. The molecule has 1 aromatic heterocycles. The van der Waals surface area contributed by atoms with Crippen LogP contribution in [0.4, 0.5) is 0 Å². The Balaban J connectivity index is 1.37. The van der Waals surface area contributed by atoms with Crippen molar-refractivity contribution in [1.29, 1.82) is 0 Å². The van der Waals surface area contributed by atoms with Crippen LogP contribution >= 0.6 is 11.6 Å². The number of fused-ring (bicyclic) bond motifs is 1. The fourth-order valence-electron chi connectivity index (χ4n) is 4.73. The average Bonchev–Trinajstić information content (AvgIpc) is 3.46. The maximum atomic E-state index is 13.0. The van der Waals surface area contributed by atoms with Gasteiger partial charge in [-0.25, -0.2) is 0 Å². The van der Waals surface area contributed by atoms with Gasteiger partial charge >= 0.3 is 0 Å². The minimum absolute atomic E-state index is 0.0515. The van der Waals surface area contributed by atoms with E-state index in [1.54, 1.807) is 18.3 Å². The number of carbonyl (C=O) groups excluding carboxylic acids is 2. The highest BCUT2D eigenvalue weighted by molar-refractivity contribution is 6.31. The molecule has 2 saturated carbocycles. The van der Waals surface area contributed by atoms with Gasteiger partial charge in [-0.2, -0.15) is 0 Å². The van der Waals surface area contributed by atoms with Gasteiger partial charge in [-0.1, -0.05) is 30.5 Å². The Morgan fingerprint density at radius 2 is 1.88 bits per heavy atom. The number of pyridine rings is 1. The monoisotopic (exact) mass is 476 g/mol. The smallest absolute Gasteiger partial charge is 0.251 e. The predicted molar refractivity (Wildman–Crippen MR) is 134 cm³/mol. The average molecular weight is 477 g/mol. The molecule has 6 heteroatoms. The third-order valence-corrected chi connectivity index (χ3v) is 7.19. The third kappa shape index (κ3) is 5.25. The van der Waals surface area contributed by atoms with Gasteiger partial charge in [-0.15, -0.1) is 0 Å². The second kappa shape index (κ2) is 9.75. The van der Waals surface area contributed by atoms with E-state index in [9.17, 15) is 9.59 Å². The van der Waals surface area contributed by atoms with Crippen molar-refractivity contribution in [2.45, 2.75) is 64.3 Å². The Kier molecular flexibility index (Phi) is 6.55. The number of hydrogen-bond acceptors (Lipinski definition) is 4. The Labute approximate surface area is 204 Å². The SMILES string of the molecule is Cc1cc2nccc(Oc3ccc(CC(=O)CC4CC4)c(Cl)c3)c2cc1C(=O)NC1CCCC1. The lowest BCUT2D eigenvalue weighted by Crippen LogP contribution is -2.33. The van der Waals surface area contributed by atoms with Crippen molar-refractivity contribution in [1.82, 2.24) is 10.3 Å². The van der Waals surface area contributed by atoms with Crippen LogP contribution in [0, 0.1) is 12.8 Å². The highest BCUT2D eigenvalue weighted by atomic mass is 35.5. The zero-order valence-electron chi connectivity index (χ0n) is 19.4. The molecule has 2 aliphatic rings. The number of aryl methyl sites for hydroxylation is 1. The molecule has 0 unspecified atom stereocenters. The number of ether oxygens (including phenoxy) is 1. The number of ketones is 1. The van der Waals surface area contributed by atoms with E-state index in [0.29, 0.717) is 40.8 Å². The maximum Gasteiger partial charge on any atom is 0.251 e. The van der Waals surface area contributed by atoms with Gasteiger partial charge in [-0.05, 0) is 80.0 Å². The van der Waals surface area contributed by atoms with Crippen molar-refractivity contribution < 1.29 is 14.3 Å². The van der Waals surface area contributed by atoms with E-state index in [0.717, 1.165) is 47.7 Å². The van der Waals surface area contributed by atoms with Crippen LogP contribution < -0.4 is 10.1 Å². The molecule has 5 rings (SSSR count). The highest BCUT2D eigenvalue weighted by Gasteiger charge is 2.24. The van der Waals surface area contributed by atoms with Gasteiger partial charge in [0.05, 0.1) is 5.52 Å². The van der Waals surface area contributed by atoms with Gasteiger partial charge in [0.15, 0.2) is 0 Å². The number of carbonyl (C=O) groups is 2. The van der Waals surface area contributed by atoms with Crippen LogP contribution in [0.3, 0.4) is 0 Å². The Morgan fingerprint density at radius 3 is 2.62 bits per heavy atom. The number of amides is 1. The molecule has 0 saturated heterocycles. The van der Waals surface area contributed by atoms with Crippen LogP contribution in [0.2, 0.25) is 5.02 Å². The molecule has 34 heavy (non-hydrogen) atoms. The second-order valence-corrected chi connectivity index (χ2v) is 10.1. The minimum atomic E-state index is -0.0515. The predicted octanol–water partition coefficient (Wildman–Crippen LogP) is 6.57. The summed E-state index contributed by atoms with van der Waals surface area (Å²) in [5, 5.41) is 4.46. The number of Topliss-reactive ketones (excluding diaryl/α,β-unsaturated/α-hetero) is 1. The zero-order valence-corrected chi connectivity index (χ0v) is 20.2. The van der Waals surface area contributed by atoms with Crippen molar-refractivity contribution in [3.05, 3.63) is 64.3 Å². The fraction of sp³-hybridized carbons (Fsp3) is 0.393. The van der Waals surface area contributed by atoms with Crippen LogP contribution in [-0.2, 0) is 11.2 Å². The standard InChI is InChI=1S/C28H29ClN2O3/c1-17-12-26-24(16-23(17)28(33)31-20-4-2-3-5-20)27(10-11-30-26)34-22-9-8-19(25(29)15-22)14-21(32)13-18-6-7-18/h8-12,15-16,18,20H,2-7,13-14H2,1H3,(H,31,33). The van der Waals surface area contributed by atoms with E-state index in [2.05, 4.69) is 10.3 Å². The molecule has 0 bridgehead atoms. The van der Waals surface area contributed by atoms with E-state index in [4.69, 9.17) is 16.3 Å². The summed E-state index contributed by atoms with van der Waals surface area (Å²) in [4.78, 5) is 29.7. The van der Waals surface area contributed by atoms with Crippen molar-refractivity contribution in [3.8, 4) is 11.5 Å². The Morgan fingerprint density at radius 1 is 1.09 bits per heavy atom. The summed E-state index contributed by atoms with van der Waals surface area (Å²) in [5.41, 5.74) is 3.11.